The minimum Gasteiger partial charge on any atom is -0.457 e. The normalized spacial score (nSPS) is 54.4. The molecule has 8 saturated heterocycles. The Bertz CT molecular complexity index is 2700. The van der Waals surface area contributed by atoms with Gasteiger partial charge in [0.2, 0.25) is 6.29 Å². The van der Waals surface area contributed by atoms with Crippen LogP contribution in [0, 0.1) is 50.2 Å². The Balaban J connectivity index is 0.951. The lowest BCUT2D eigenvalue weighted by Gasteiger charge is -2.72. The van der Waals surface area contributed by atoms with Crippen LogP contribution in [0.25, 0.3) is 0 Å². The van der Waals surface area contributed by atoms with E-state index >= 15 is 4.79 Å². The smallest absolute Gasteiger partial charge is 0.315 e. The third-order valence-electron chi connectivity index (χ3n) is 24.0. The van der Waals surface area contributed by atoms with Gasteiger partial charge >= 0.3 is 17.9 Å². The average Bonchev–Trinajstić information content (AvgIpc) is 0.674. The van der Waals surface area contributed by atoms with E-state index in [1.165, 1.54) is 6.92 Å². The Morgan fingerprint density at radius 2 is 1.21 bits per heavy atom. The lowest BCUT2D eigenvalue weighted by atomic mass is 9.33. The number of ether oxygens (including phenoxy) is 12. The van der Waals surface area contributed by atoms with E-state index in [9.17, 15) is 81.1 Å². The van der Waals surface area contributed by atoms with Crippen molar-refractivity contribution in [3.8, 4) is 0 Å². The van der Waals surface area contributed by atoms with E-state index in [-0.39, 0.29) is 29.6 Å². The molecule has 29 heteroatoms. The molecule has 29 nitrogen and oxygen atoms in total. The summed E-state index contributed by atoms with van der Waals surface area (Å²) in [7, 11) is 0. The third kappa shape index (κ3) is 12.1. The number of carbonyl (C=O) groups is 3. The van der Waals surface area contributed by atoms with Crippen molar-refractivity contribution in [3.63, 3.8) is 0 Å². The van der Waals surface area contributed by atoms with Crippen molar-refractivity contribution in [3.05, 3.63) is 11.6 Å². The van der Waals surface area contributed by atoms with Gasteiger partial charge in [-0.2, -0.15) is 0 Å². The molecule has 33 atom stereocenters. The molecular weight excluding hydrogens is 1220 g/mol. The fourth-order valence-electron chi connectivity index (χ4n) is 18.5. The molecule has 9 unspecified atom stereocenters. The molecule has 12 heterocycles. The third-order valence-corrected chi connectivity index (χ3v) is 24.0. The fraction of sp³-hybridized carbons (Fsp3) is 0.921. The Hall–Kier alpha value is -2.77. The number of aliphatic hydroxyl groups excluding tert-OH is 13. The van der Waals surface area contributed by atoms with Crippen molar-refractivity contribution < 1.29 is 143 Å². The van der Waals surface area contributed by atoms with E-state index in [1.54, 1.807) is 0 Å². The predicted octanol–water partition coefficient (Wildman–Crippen LogP) is -2.68. The number of hydrogen-bond acceptors (Lipinski definition) is 29. The van der Waals surface area contributed by atoms with Crippen molar-refractivity contribution in [2.45, 2.75) is 279 Å². The number of hydrogen-bond donors (Lipinski definition) is 14. The molecule has 12 aliphatic heterocycles. The van der Waals surface area contributed by atoms with Crippen molar-refractivity contribution in [2.75, 3.05) is 33.0 Å². The molecule has 5 aliphatic carbocycles. The molecule has 14 N–H and O–H groups in total. The summed E-state index contributed by atoms with van der Waals surface area (Å²) in [5.41, 5.74) is -5.49. The average molecular weight is 1320 g/mol. The zero-order valence-electron chi connectivity index (χ0n) is 53.4. The van der Waals surface area contributed by atoms with Crippen LogP contribution in [0.3, 0.4) is 0 Å². The highest BCUT2D eigenvalue weighted by Crippen LogP contribution is 2.76. The van der Waals surface area contributed by atoms with Gasteiger partial charge in [-0.05, 0) is 111 Å². The van der Waals surface area contributed by atoms with Crippen LogP contribution in [0.4, 0.5) is 0 Å². The second-order valence-corrected chi connectivity index (χ2v) is 30.5. The van der Waals surface area contributed by atoms with Gasteiger partial charge in [-0.1, -0.05) is 53.2 Å². The van der Waals surface area contributed by atoms with Gasteiger partial charge in [-0.15, -0.1) is 0 Å². The summed E-state index contributed by atoms with van der Waals surface area (Å²) in [4.78, 5) is 43.1. The van der Waals surface area contributed by atoms with Crippen molar-refractivity contribution in [2.24, 2.45) is 50.2 Å². The van der Waals surface area contributed by atoms with Crippen molar-refractivity contribution in [1.82, 2.24) is 0 Å². The Morgan fingerprint density at radius 1 is 0.565 bits per heavy atom. The van der Waals surface area contributed by atoms with Gasteiger partial charge in [0.05, 0.1) is 75.2 Å². The minimum absolute atomic E-state index is 0.109. The fourth-order valence-corrected chi connectivity index (χ4v) is 18.5. The molecule has 0 radical (unpaired) electrons. The van der Waals surface area contributed by atoms with Gasteiger partial charge in [0.15, 0.2) is 43.5 Å². The maximum atomic E-state index is 15.6. The van der Waals surface area contributed by atoms with Gasteiger partial charge in [-0.3, -0.25) is 14.4 Å². The summed E-state index contributed by atoms with van der Waals surface area (Å²) >= 11 is 0. The van der Waals surface area contributed by atoms with Gasteiger partial charge in [0.1, 0.15) is 79.4 Å². The maximum absolute atomic E-state index is 15.6. The first kappa shape index (κ1) is 70.5. The number of rotatable bonds is 4. The summed E-state index contributed by atoms with van der Waals surface area (Å²) in [6.07, 6.45) is -36.9. The first-order valence-corrected chi connectivity index (χ1v) is 32.6. The summed E-state index contributed by atoms with van der Waals surface area (Å²) in [6.45, 7) is 12.2. The zero-order chi connectivity index (χ0) is 66.9. The Labute approximate surface area is 533 Å². The first-order valence-electron chi connectivity index (χ1n) is 32.6. The monoisotopic (exact) mass is 1320 g/mol. The lowest BCUT2D eigenvalue weighted by molar-refractivity contribution is -0.377. The van der Waals surface area contributed by atoms with E-state index in [2.05, 4.69) is 40.7 Å². The van der Waals surface area contributed by atoms with E-state index < -0.39 is 244 Å². The van der Waals surface area contributed by atoms with Crippen LogP contribution in [0.5, 0.6) is 0 Å². The van der Waals surface area contributed by atoms with Crippen LogP contribution in [-0.4, -0.2) is 275 Å². The van der Waals surface area contributed by atoms with Crippen LogP contribution < -0.4 is 0 Å². The van der Waals surface area contributed by atoms with E-state index in [0.717, 1.165) is 12.5 Å². The van der Waals surface area contributed by atoms with Crippen LogP contribution in [0.1, 0.15) is 126 Å². The molecule has 0 aromatic rings. The minimum atomic E-state index is -2.29. The van der Waals surface area contributed by atoms with Gasteiger partial charge in [0.25, 0.3) is 0 Å². The molecule has 0 aromatic carbocycles. The molecule has 92 heavy (non-hydrogen) atoms. The molecule has 524 valence electrons. The topological polar surface area (TPSA) is 445 Å². The highest BCUT2D eigenvalue weighted by atomic mass is 16.8. The molecule has 12 bridgehead atoms. The second kappa shape index (κ2) is 25.8. The number of esters is 3. The van der Waals surface area contributed by atoms with Gasteiger partial charge in [0, 0.05) is 5.41 Å². The Kier molecular flexibility index (Phi) is 19.8. The first-order chi connectivity index (χ1) is 43.1. The zero-order valence-corrected chi connectivity index (χ0v) is 53.4. The molecule has 17 aliphatic rings. The standard InChI is InChI=1S/C63H98O29/c1-26-46-47(88-51-43(76)38(71)30(67)22-81-51)45(78)53(84-26)90-48-39(72)31(68)23-82-54(48)92-56(79)63-15-13-57(2,3)17-28(63)27-9-10-35-59(5)18-29(66)50(60(6,25-65)34(59)11-12-62(35,8)61(27,7)14-16-63)91-55-49(42(75)40(73)32(21-64)86-55)89-52-44(77)41(74)33(24-83-52)85-36(69)19-58(4,80)20-37(70)87-46/h9,26,28-35,38-55,64-68,71-78,80H,10-25H2,1-8H3/t26?,28-,29-,30+,31-,32?,33-,34?,35?,38+,39+,40+,41+,42+,43?,44?,45?,46-,47+,48?,49?,50-,51-,52-,53-,54-,55-,58+,59-,60-,61+,62+,63-/m0/s1. The molecule has 17 rings (SSSR count). The largest absolute Gasteiger partial charge is 0.457 e. The lowest BCUT2D eigenvalue weighted by Crippen LogP contribution is -2.70. The number of carbonyl (C=O) groups excluding carboxylic acids is 3. The number of aliphatic hydroxyl groups is 14. The second-order valence-electron chi connectivity index (χ2n) is 30.5. The van der Waals surface area contributed by atoms with Crippen molar-refractivity contribution >= 4 is 17.9 Å². The van der Waals surface area contributed by atoms with Crippen molar-refractivity contribution in [1.29, 1.82) is 0 Å². The van der Waals surface area contributed by atoms with Crippen LogP contribution >= 0.6 is 0 Å². The van der Waals surface area contributed by atoms with Crippen LogP contribution in [-0.2, 0) is 71.2 Å². The van der Waals surface area contributed by atoms with Crippen LogP contribution in [0.15, 0.2) is 11.6 Å². The predicted molar refractivity (Wildman–Crippen MR) is 306 cm³/mol. The van der Waals surface area contributed by atoms with Gasteiger partial charge < -0.3 is 128 Å². The highest BCUT2D eigenvalue weighted by Gasteiger charge is 2.72. The molecule has 1 spiro atoms. The number of allylic oxidation sites excluding steroid dienone is 2. The van der Waals surface area contributed by atoms with Gasteiger partial charge in [-0.25, -0.2) is 0 Å². The summed E-state index contributed by atoms with van der Waals surface area (Å²) in [6, 6.07) is 0. The van der Waals surface area contributed by atoms with E-state index in [4.69, 9.17) is 56.8 Å². The molecular formula is C63H98O29. The SMILES string of the molecule is CC1O[C@H]2OC3[C@@H](OC[C@H](O)[C@H]3O)OC(=O)[C@]34CCC(C)(C)C[C@H]3C3=CCC5[C@@]6(C)C[C@H](O)[C@H](O[C@@H]7OC(CO)[C@@H](O)[C@@H](O)C7O[C@@H]7OC[C@H](OC(=O)C[C@@](C)(O)CC(=O)O[C@@H]1[C@H](O[C@@H]1OC[C@@H](O)[C@@H](O)C1O)C2O)[C@@H](O)C7O)[C@@](C)(CO)C6CC[C@@]5(C)[C@]3(C)CC4. The highest BCUT2D eigenvalue weighted by molar-refractivity contribution is 5.79. The summed E-state index contributed by atoms with van der Waals surface area (Å²) in [5.74, 6) is -3.90. The summed E-state index contributed by atoms with van der Waals surface area (Å²) < 4.78 is 72.3. The summed E-state index contributed by atoms with van der Waals surface area (Å²) in [5, 5.41) is 159. The van der Waals surface area contributed by atoms with E-state index in [0.29, 0.717) is 51.4 Å². The molecule has 0 aromatic heterocycles. The Morgan fingerprint density at radius 3 is 1.90 bits per heavy atom. The molecule has 4 saturated carbocycles. The molecule has 12 fully saturated rings. The van der Waals surface area contributed by atoms with E-state index in [1.807, 2.05) is 6.92 Å². The van der Waals surface area contributed by atoms with Crippen LogP contribution in [0.2, 0.25) is 0 Å². The molecule has 0 amide bonds. The maximum Gasteiger partial charge on any atom is 0.315 e. The quantitative estimate of drug-likeness (QED) is 0.0590.